The van der Waals surface area contributed by atoms with Gasteiger partial charge >= 0.3 is 0 Å². The summed E-state index contributed by atoms with van der Waals surface area (Å²) >= 11 is 0. The quantitative estimate of drug-likeness (QED) is 0.536. The highest BCUT2D eigenvalue weighted by Gasteiger charge is 2.32. The van der Waals surface area contributed by atoms with Gasteiger partial charge in [0.15, 0.2) is 0 Å². The smallest absolute Gasteiger partial charge is 0.246 e. The van der Waals surface area contributed by atoms with Gasteiger partial charge in [-0.3, -0.25) is 9.59 Å². The van der Waals surface area contributed by atoms with Crippen LogP contribution in [0.5, 0.6) is 0 Å². The summed E-state index contributed by atoms with van der Waals surface area (Å²) in [6, 6.07) is 0. The van der Waals surface area contributed by atoms with E-state index < -0.39 is 0 Å². The van der Waals surface area contributed by atoms with E-state index in [9.17, 15) is 9.59 Å². The molecule has 1 fully saturated rings. The standard InChI is InChI=1S/C11H21N3O3/c1-3-4-13-9(15)5-14-10(16)6-17-11(2)7-12-8-11/h12H,3-8H2,1-2H3,(H,13,15)(H,14,16). The molecular weight excluding hydrogens is 222 g/mol. The number of amides is 2. The van der Waals surface area contributed by atoms with E-state index >= 15 is 0 Å². The molecule has 1 saturated heterocycles. The van der Waals surface area contributed by atoms with E-state index in [1.165, 1.54) is 0 Å². The Labute approximate surface area is 101 Å². The number of nitrogens with one attached hydrogen (secondary N) is 3. The Hall–Kier alpha value is -1.14. The van der Waals surface area contributed by atoms with Crippen molar-refractivity contribution in [3.63, 3.8) is 0 Å². The van der Waals surface area contributed by atoms with Crippen molar-refractivity contribution in [3.05, 3.63) is 0 Å². The average Bonchev–Trinajstić information content (AvgIpc) is 2.28. The third-order valence-corrected chi connectivity index (χ3v) is 2.57. The van der Waals surface area contributed by atoms with E-state index in [2.05, 4.69) is 16.0 Å². The van der Waals surface area contributed by atoms with Crippen LogP contribution in [0.3, 0.4) is 0 Å². The van der Waals surface area contributed by atoms with Crippen molar-refractivity contribution >= 4 is 11.8 Å². The maximum Gasteiger partial charge on any atom is 0.246 e. The summed E-state index contributed by atoms with van der Waals surface area (Å²) in [4.78, 5) is 22.6. The van der Waals surface area contributed by atoms with Crippen LogP contribution in [0.4, 0.5) is 0 Å². The number of carbonyl (C=O) groups excluding carboxylic acids is 2. The van der Waals surface area contributed by atoms with E-state index in [-0.39, 0.29) is 30.6 Å². The molecule has 2 amide bonds. The number of carbonyl (C=O) groups is 2. The molecule has 0 aromatic carbocycles. The summed E-state index contributed by atoms with van der Waals surface area (Å²) in [5, 5.41) is 8.27. The average molecular weight is 243 g/mol. The summed E-state index contributed by atoms with van der Waals surface area (Å²) in [6.45, 7) is 6.09. The fraction of sp³-hybridized carbons (Fsp3) is 0.818. The highest BCUT2D eigenvalue weighted by atomic mass is 16.5. The molecule has 0 spiro atoms. The minimum absolute atomic E-state index is 0.000756. The fourth-order valence-electron chi connectivity index (χ4n) is 1.38. The SMILES string of the molecule is CCCNC(=O)CNC(=O)COC1(C)CNC1. The molecule has 1 aliphatic rings. The molecule has 0 atom stereocenters. The lowest BCUT2D eigenvalue weighted by Crippen LogP contribution is -2.59. The second-order valence-corrected chi connectivity index (χ2v) is 4.47. The van der Waals surface area contributed by atoms with Gasteiger partial charge in [-0.15, -0.1) is 0 Å². The Morgan fingerprint density at radius 3 is 2.53 bits per heavy atom. The zero-order chi connectivity index (χ0) is 12.7. The third kappa shape index (κ3) is 5.14. The Kier molecular flexibility index (Phi) is 5.37. The molecule has 17 heavy (non-hydrogen) atoms. The van der Waals surface area contributed by atoms with Gasteiger partial charge < -0.3 is 20.7 Å². The number of hydrogen-bond donors (Lipinski definition) is 3. The zero-order valence-electron chi connectivity index (χ0n) is 10.5. The van der Waals surface area contributed by atoms with Crippen molar-refractivity contribution in [2.45, 2.75) is 25.9 Å². The van der Waals surface area contributed by atoms with E-state index in [1.807, 2.05) is 13.8 Å². The van der Waals surface area contributed by atoms with Gasteiger partial charge in [-0.2, -0.15) is 0 Å². The van der Waals surface area contributed by atoms with E-state index in [0.29, 0.717) is 6.54 Å². The maximum absolute atomic E-state index is 11.4. The van der Waals surface area contributed by atoms with Crippen molar-refractivity contribution in [2.24, 2.45) is 0 Å². The molecule has 1 rings (SSSR count). The number of rotatable bonds is 7. The molecule has 6 nitrogen and oxygen atoms in total. The Morgan fingerprint density at radius 1 is 1.29 bits per heavy atom. The molecule has 98 valence electrons. The highest BCUT2D eigenvalue weighted by molar-refractivity contribution is 5.85. The van der Waals surface area contributed by atoms with Crippen LogP contribution in [-0.4, -0.2) is 50.2 Å². The Bertz CT molecular complexity index is 277. The molecule has 0 saturated carbocycles. The molecule has 1 heterocycles. The molecular formula is C11H21N3O3. The van der Waals surface area contributed by atoms with Crippen LogP contribution in [0.2, 0.25) is 0 Å². The van der Waals surface area contributed by atoms with E-state index in [1.54, 1.807) is 0 Å². The number of ether oxygens (including phenoxy) is 1. The van der Waals surface area contributed by atoms with Gasteiger partial charge in [0.2, 0.25) is 11.8 Å². The van der Waals surface area contributed by atoms with Crippen LogP contribution in [0, 0.1) is 0 Å². The van der Waals surface area contributed by atoms with Gasteiger partial charge in [-0.25, -0.2) is 0 Å². The Balaban J connectivity index is 2.06. The molecule has 0 aliphatic carbocycles. The molecule has 0 radical (unpaired) electrons. The van der Waals surface area contributed by atoms with Crippen LogP contribution < -0.4 is 16.0 Å². The lowest BCUT2D eigenvalue weighted by atomic mass is 10.0. The molecule has 0 aromatic heterocycles. The van der Waals surface area contributed by atoms with Crippen LogP contribution >= 0.6 is 0 Å². The first-order chi connectivity index (χ1) is 8.06. The normalized spacial score (nSPS) is 17.1. The van der Waals surface area contributed by atoms with E-state index in [4.69, 9.17) is 4.74 Å². The second-order valence-electron chi connectivity index (χ2n) is 4.47. The van der Waals surface area contributed by atoms with Crippen LogP contribution in [0.25, 0.3) is 0 Å². The monoisotopic (exact) mass is 243 g/mol. The molecule has 0 unspecified atom stereocenters. The summed E-state index contributed by atoms with van der Waals surface area (Å²) < 4.78 is 5.43. The summed E-state index contributed by atoms with van der Waals surface area (Å²) in [5.41, 5.74) is -0.234. The van der Waals surface area contributed by atoms with Gasteiger partial charge in [-0.1, -0.05) is 6.92 Å². The third-order valence-electron chi connectivity index (χ3n) is 2.57. The first-order valence-electron chi connectivity index (χ1n) is 5.94. The van der Waals surface area contributed by atoms with Crippen molar-refractivity contribution < 1.29 is 14.3 Å². The molecule has 0 bridgehead atoms. The van der Waals surface area contributed by atoms with Crippen LogP contribution in [-0.2, 0) is 14.3 Å². The summed E-state index contributed by atoms with van der Waals surface area (Å²) in [5.74, 6) is -0.429. The molecule has 1 aliphatic heterocycles. The maximum atomic E-state index is 11.4. The van der Waals surface area contributed by atoms with Gasteiger partial charge in [-0.05, 0) is 13.3 Å². The number of hydrogen-bond acceptors (Lipinski definition) is 4. The molecule has 6 heteroatoms. The first kappa shape index (κ1) is 13.9. The minimum Gasteiger partial charge on any atom is -0.363 e. The summed E-state index contributed by atoms with van der Waals surface area (Å²) in [7, 11) is 0. The van der Waals surface area contributed by atoms with Crippen molar-refractivity contribution in [3.8, 4) is 0 Å². The first-order valence-corrected chi connectivity index (χ1v) is 5.94. The lowest BCUT2D eigenvalue weighted by molar-refractivity contribution is -0.137. The van der Waals surface area contributed by atoms with Gasteiger partial charge in [0.25, 0.3) is 0 Å². The van der Waals surface area contributed by atoms with Gasteiger partial charge in [0, 0.05) is 19.6 Å². The fourth-order valence-corrected chi connectivity index (χ4v) is 1.38. The van der Waals surface area contributed by atoms with Crippen LogP contribution in [0.15, 0.2) is 0 Å². The predicted molar refractivity (Wildman–Crippen MR) is 63.5 cm³/mol. The predicted octanol–water partition coefficient (Wildman–Crippen LogP) is -0.993. The summed E-state index contributed by atoms with van der Waals surface area (Å²) in [6.07, 6.45) is 0.883. The highest BCUT2D eigenvalue weighted by Crippen LogP contribution is 2.14. The van der Waals surface area contributed by atoms with Crippen molar-refractivity contribution in [2.75, 3.05) is 32.8 Å². The van der Waals surface area contributed by atoms with Gasteiger partial charge in [0.1, 0.15) is 6.61 Å². The molecule has 3 N–H and O–H groups in total. The second kappa shape index (κ2) is 6.56. The lowest BCUT2D eigenvalue weighted by Gasteiger charge is -2.38. The zero-order valence-corrected chi connectivity index (χ0v) is 10.5. The van der Waals surface area contributed by atoms with Crippen molar-refractivity contribution in [1.82, 2.24) is 16.0 Å². The van der Waals surface area contributed by atoms with Crippen molar-refractivity contribution in [1.29, 1.82) is 0 Å². The largest absolute Gasteiger partial charge is 0.363 e. The molecule has 0 aromatic rings. The van der Waals surface area contributed by atoms with Gasteiger partial charge in [0.05, 0.1) is 12.1 Å². The topological polar surface area (TPSA) is 79.5 Å². The van der Waals surface area contributed by atoms with E-state index in [0.717, 1.165) is 19.5 Å². The minimum atomic E-state index is -0.259. The van der Waals surface area contributed by atoms with Crippen LogP contribution in [0.1, 0.15) is 20.3 Å². The Morgan fingerprint density at radius 2 is 2.00 bits per heavy atom.